The molecular formula is C10H23NO3. The van der Waals surface area contributed by atoms with Crippen LogP contribution in [0.4, 0.5) is 0 Å². The van der Waals surface area contributed by atoms with E-state index >= 15 is 0 Å². The molecule has 1 fully saturated rings. The maximum atomic E-state index is 9.51. The van der Waals surface area contributed by atoms with Gasteiger partial charge in [-0.05, 0) is 27.4 Å². The molecule has 1 aliphatic rings. The van der Waals surface area contributed by atoms with Crippen LogP contribution in [0, 0.1) is 0 Å². The summed E-state index contributed by atoms with van der Waals surface area (Å²) >= 11 is 0. The molecule has 0 aromatic carbocycles. The number of aliphatic hydroxyl groups excluding tert-OH is 2. The minimum Gasteiger partial charge on any atom is -0.386 e. The smallest absolute Gasteiger partial charge is 0.182 e. The zero-order valence-electron chi connectivity index (χ0n) is 9.77. The number of hydrogen-bond acceptors (Lipinski definition) is 4. The van der Waals surface area contributed by atoms with Gasteiger partial charge >= 0.3 is 0 Å². The van der Waals surface area contributed by atoms with Crippen LogP contribution in [0.15, 0.2) is 0 Å². The maximum Gasteiger partial charge on any atom is 0.182 e. The Balaban J connectivity index is 0.000000791. The Morgan fingerprint density at radius 1 is 1.21 bits per heavy atom. The van der Waals surface area contributed by atoms with Crippen molar-refractivity contribution in [1.82, 2.24) is 4.90 Å². The summed E-state index contributed by atoms with van der Waals surface area (Å²) in [4.78, 5) is 1.91. The lowest BCUT2D eigenvalue weighted by Crippen LogP contribution is -2.53. The van der Waals surface area contributed by atoms with Crippen molar-refractivity contribution in [2.75, 3.05) is 14.1 Å². The fourth-order valence-corrected chi connectivity index (χ4v) is 1.56. The average Bonchev–Trinajstić information content (AvgIpc) is 2.14. The van der Waals surface area contributed by atoms with E-state index in [1.807, 2.05) is 39.8 Å². The molecule has 1 heterocycles. The number of aliphatic hydroxyl groups is 2. The second-order valence-electron chi connectivity index (χ2n) is 3.59. The Hall–Kier alpha value is -0.160. The summed E-state index contributed by atoms with van der Waals surface area (Å²) in [5.74, 6) is 0. The van der Waals surface area contributed by atoms with Crippen LogP contribution in [-0.2, 0) is 4.74 Å². The normalized spacial score (nSPS) is 37.7. The molecule has 4 atom stereocenters. The molecule has 86 valence electrons. The molecule has 1 aliphatic heterocycles. The first-order valence-electron chi connectivity index (χ1n) is 5.20. The number of hydrogen-bond donors (Lipinski definition) is 2. The standard InChI is InChI=1S/C8H17NO3.C2H6/c1-5-4-6(9(2)3)7(10)8(11)12-5;1-2/h5-8,10-11H,4H2,1-3H3;1-2H3/t5?,6?,7-,8-;/m1./s1. The van der Waals surface area contributed by atoms with Crippen molar-refractivity contribution in [3.8, 4) is 0 Å². The summed E-state index contributed by atoms with van der Waals surface area (Å²) in [6, 6.07) is -0.0104. The van der Waals surface area contributed by atoms with E-state index in [1.54, 1.807) is 0 Å². The van der Waals surface area contributed by atoms with Gasteiger partial charge in [0.15, 0.2) is 6.29 Å². The highest BCUT2D eigenvalue weighted by Gasteiger charge is 2.35. The Bertz CT molecular complexity index is 152. The highest BCUT2D eigenvalue weighted by Crippen LogP contribution is 2.21. The maximum absolute atomic E-state index is 9.51. The molecule has 4 heteroatoms. The van der Waals surface area contributed by atoms with Crippen molar-refractivity contribution < 1.29 is 14.9 Å². The van der Waals surface area contributed by atoms with Gasteiger partial charge in [-0.2, -0.15) is 0 Å². The monoisotopic (exact) mass is 205 g/mol. The zero-order chi connectivity index (χ0) is 11.3. The molecular weight excluding hydrogens is 182 g/mol. The van der Waals surface area contributed by atoms with Gasteiger partial charge in [0.2, 0.25) is 0 Å². The Labute approximate surface area is 86.5 Å². The van der Waals surface area contributed by atoms with Crippen LogP contribution in [0.1, 0.15) is 27.2 Å². The van der Waals surface area contributed by atoms with Gasteiger partial charge < -0.3 is 19.8 Å². The number of ether oxygens (including phenoxy) is 1. The van der Waals surface area contributed by atoms with Crippen molar-refractivity contribution in [2.24, 2.45) is 0 Å². The van der Waals surface area contributed by atoms with Gasteiger partial charge in [-0.15, -0.1) is 0 Å². The van der Waals surface area contributed by atoms with Gasteiger partial charge in [0.25, 0.3) is 0 Å². The summed E-state index contributed by atoms with van der Waals surface area (Å²) in [6.45, 7) is 5.89. The molecule has 1 saturated heterocycles. The molecule has 0 aromatic rings. The molecule has 0 radical (unpaired) electrons. The van der Waals surface area contributed by atoms with Gasteiger partial charge in [0.1, 0.15) is 6.10 Å². The Morgan fingerprint density at radius 2 is 1.71 bits per heavy atom. The van der Waals surface area contributed by atoms with E-state index < -0.39 is 12.4 Å². The zero-order valence-corrected chi connectivity index (χ0v) is 9.77. The summed E-state index contributed by atoms with van der Waals surface area (Å²) in [6.07, 6.45) is -1.07. The van der Waals surface area contributed by atoms with Crippen molar-refractivity contribution >= 4 is 0 Å². The van der Waals surface area contributed by atoms with Crippen LogP contribution in [-0.4, -0.2) is 53.7 Å². The second kappa shape index (κ2) is 6.35. The van der Waals surface area contributed by atoms with Crippen molar-refractivity contribution in [3.05, 3.63) is 0 Å². The minimum atomic E-state index is -1.04. The SMILES string of the molecule is CC.CC1CC(N(C)C)[C@@H](O)[C@H](O)O1. The first kappa shape index (κ1) is 13.8. The van der Waals surface area contributed by atoms with Crippen LogP contribution >= 0.6 is 0 Å². The lowest BCUT2D eigenvalue weighted by atomic mass is 9.99. The van der Waals surface area contributed by atoms with Crippen molar-refractivity contribution in [3.63, 3.8) is 0 Å². The fourth-order valence-electron chi connectivity index (χ4n) is 1.56. The topological polar surface area (TPSA) is 52.9 Å². The lowest BCUT2D eigenvalue weighted by molar-refractivity contribution is -0.230. The molecule has 2 unspecified atom stereocenters. The number of nitrogens with zero attached hydrogens (tertiary/aromatic N) is 1. The Kier molecular flexibility index (Phi) is 6.27. The summed E-state index contributed by atoms with van der Waals surface area (Å²) < 4.78 is 5.06. The van der Waals surface area contributed by atoms with Crippen LogP contribution in [0.3, 0.4) is 0 Å². The average molecular weight is 205 g/mol. The third-order valence-corrected chi connectivity index (χ3v) is 2.29. The highest BCUT2D eigenvalue weighted by atomic mass is 16.6. The lowest BCUT2D eigenvalue weighted by Gasteiger charge is -2.38. The van der Waals surface area contributed by atoms with Gasteiger partial charge in [0.05, 0.1) is 6.10 Å². The molecule has 2 N–H and O–H groups in total. The molecule has 0 spiro atoms. The molecule has 0 aliphatic carbocycles. The van der Waals surface area contributed by atoms with E-state index in [2.05, 4.69) is 0 Å². The van der Waals surface area contributed by atoms with Crippen LogP contribution in [0.5, 0.6) is 0 Å². The van der Waals surface area contributed by atoms with Gasteiger partial charge in [-0.3, -0.25) is 0 Å². The fraction of sp³-hybridized carbons (Fsp3) is 1.00. The molecule has 0 amide bonds. The molecule has 14 heavy (non-hydrogen) atoms. The summed E-state index contributed by atoms with van der Waals surface area (Å²) in [5.41, 5.74) is 0. The predicted molar refractivity (Wildman–Crippen MR) is 56.0 cm³/mol. The number of likely N-dealkylation sites (N-methyl/N-ethyl adjacent to an activating group) is 1. The van der Waals surface area contributed by atoms with Crippen LogP contribution in [0.2, 0.25) is 0 Å². The second-order valence-corrected chi connectivity index (χ2v) is 3.59. The van der Waals surface area contributed by atoms with Crippen molar-refractivity contribution in [2.45, 2.75) is 51.7 Å². The highest BCUT2D eigenvalue weighted by molar-refractivity contribution is 4.84. The first-order valence-corrected chi connectivity index (χ1v) is 5.20. The Morgan fingerprint density at radius 3 is 2.14 bits per heavy atom. The van der Waals surface area contributed by atoms with Gasteiger partial charge in [-0.25, -0.2) is 0 Å². The molecule has 0 bridgehead atoms. The van der Waals surface area contributed by atoms with Gasteiger partial charge in [-0.1, -0.05) is 13.8 Å². The first-order chi connectivity index (χ1) is 6.52. The van der Waals surface area contributed by atoms with Crippen molar-refractivity contribution in [1.29, 1.82) is 0 Å². The molecule has 0 aromatic heterocycles. The van der Waals surface area contributed by atoms with Crippen LogP contribution < -0.4 is 0 Å². The van der Waals surface area contributed by atoms with E-state index in [4.69, 9.17) is 4.74 Å². The third kappa shape index (κ3) is 3.53. The largest absolute Gasteiger partial charge is 0.386 e. The third-order valence-electron chi connectivity index (χ3n) is 2.29. The molecule has 0 saturated carbocycles. The van der Waals surface area contributed by atoms with E-state index in [0.717, 1.165) is 6.42 Å². The summed E-state index contributed by atoms with van der Waals surface area (Å²) in [5, 5.41) is 18.8. The number of rotatable bonds is 1. The molecule has 4 nitrogen and oxygen atoms in total. The van der Waals surface area contributed by atoms with E-state index in [1.165, 1.54) is 0 Å². The van der Waals surface area contributed by atoms with Gasteiger partial charge in [0, 0.05) is 6.04 Å². The van der Waals surface area contributed by atoms with E-state index in [9.17, 15) is 10.2 Å². The van der Waals surface area contributed by atoms with E-state index in [0.29, 0.717) is 0 Å². The predicted octanol–water partition coefficient (Wildman–Crippen LogP) is 0.431. The quantitative estimate of drug-likeness (QED) is 0.652. The molecule has 1 rings (SSSR count). The summed E-state index contributed by atoms with van der Waals surface area (Å²) in [7, 11) is 3.78. The van der Waals surface area contributed by atoms with E-state index in [-0.39, 0.29) is 12.1 Å². The minimum absolute atomic E-state index is 0.01000. The van der Waals surface area contributed by atoms with Crippen LogP contribution in [0.25, 0.3) is 0 Å².